The van der Waals surface area contributed by atoms with Crippen LogP contribution in [-0.2, 0) is 11.2 Å². The Morgan fingerprint density at radius 3 is 2.64 bits per heavy atom. The molecule has 2 N–H and O–H groups in total. The summed E-state index contributed by atoms with van der Waals surface area (Å²) < 4.78 is 0. The Hall–Kier alpha value is -2.62. The van der Waals surface area contributed by atoms with Crippen LogP contribution in [0.5, 0.6) is 0 Å². The molecule has 2 amide bonds. The van der Waals surface area contributed by atoms with Gasteiger partial charge in [-0.05, 0) is 36.1 Å². The molecule has 3 rings (SSSR count). The number of nitrogens with two attached hydrogens (primary N) is 1. The minimum atomic E-state index is -0.484. The lowest BCUT2D eigenvalue weighted by atomic mass is 9.89. The van der Waals surface area contributed by atoms with Crippen LogP contribution < -0.4 is 10.6 Å². The zero-order chi connectivity index (χ0) is 17.8. The first kappa shape index (κ1) is 17.2. The third kappa shape index (κ3) is 3.73. The van der Waals surface area contributed by atoms with Crippen molar-refractivity contribution in [1.29, 1.82) is 0 Å². The van der Waals surface area contributed by atoms with Crippen molar-refractivity contribution in [2.45, 2.75) is 38.5 Å². The summed E-state index contributed by atoms with van der Waals surface area (Å²) in [7, 11) is 0. The maximum Gasteiger partial charge on any atom is 0.250 e. The van der Waals surface area contributed by atoms with Gasteiger partial charge in [-0.15, -0.1) is 0 Å². The molecule has 0 radical (unpaired) electrons. The molecule has 4 nitrogen and oxygen atoms in total. The van der Waals surface area contributed by atoms with Crippen molar-refractivity contribution < 1.29 is 9.59 Å². The van der Waals surface area contributed by atoms with Crippen LogP contribution in [0.25, 0.3) is 0 Å². The van der Waals surface area contributed by atoms with Crippen molar-refractivity contribution >= 4 is 17.5 Å². The fraction of sp³-hybridized carbons (Fsp3) is 0.333. The van der Waals surface area contributed by atoms with Gasteiger partial charge >= 0.3 is 0 Å². The van der Waals surface area contributed by atoms with Gasteiger partial charge in [0, 0.05) is 18.9 Å². The van der Waals surface area contributed by atoms with Gasteiger partial charge in [-0.1, -0.05) is 49.7 Å². The SMILES string of the molecule is CCCc1ccc(N2CC(c3ccccc3)CCC2=O)c(C(N)=O)c1. The third-order valence-corrected chi connectivity index (χ3v) is 4.84. The number of aryl methyl sites for hydroxylation is 1. The van der Waals surface area contributed by atoms with Crippen LogP contribution in [0.15, 0.2) is 48.5 Å². The van der Waals surface area contributed by atoms with Gasteiger partial charge in [0.2, 0.25) is 5.91 Å². The van der Waals surface area contributed by atoms with Gasteiger partial charge in [-0.3, -0.25) is 9.59 Å². The quantitative estimate of drug-likeness (QED) is 0.906. The number of nitrogens with zero attached hydrogens (tertiary/aromatic N) is 1. The van der Waals surface area contributed by atoms with Crippen LogP contribution in [0, 0.1) is 0 Å². The minimum Gasteiger partial charge on any atom is -0.366 e. The van der Waals surface area contributed by atoms with Crippen LogP contribution in [0.3, 0.4) is 0 Å². The summed E-state index contributed by atoms with van der Waals surface area (Å²) in [6.45, 7) is 2.67. The second-order valence-corrected chi connectivity index (χ2v) is 6.62. The fourth-order valence-electron chi connectivity index (χ4n) is 3.54. The van der Waals surface area contributed by atoms with Crippen molar-refractivity contribution in [2.75, 3.05) is 11.4 Å². The molecule has 1 aliphatic rings. The molecule has 2 aromatic rings. The normalized spacial score (nSPS) is 17.6. The Bertz CT molecular complexity index is 771. The molecule has 0 aromatic heterocycles. The van der Waals surface area contributed by atoms with E-state index in [9.17, 15) is 9.59 Å². The van der Waals surface area contributed by atoms with Crippen molar-refractivity contribution in [3.63, 3.8) is 0 Å². The Labute approximate surface area is 148 Å². The fourth-order valence-corrected chi connectivity index (χ4v) is 3.54. The lowest BCUT2D eigenvalue weighted by Crippen LogP contribution is -2.40. The van der Waals surface area contributed by atoms with Crippen molar-refractivity contribution in [3.05, 3.63) is 65.2 Å². The van der Waals surface area contributed by atoms with Crippen LogP contribution in [-0.4, -0.2) is 18.4 Å². The van der Waals surface area contributed by atoms with Gasteiger partial charge in [-0.2, -0.15) is 0 Å². The number of carbonyl (C=O) groups is 2. The number of hydrogen-bond acceptors (Lipinski definition) is 2. The smallest absolute Gasteiger partial charge is 0.250 e. The zero-order valence-electron chi connectivity index (χ0n) is 14.6. The van der Waals surface area contributed by atoms with Gasteiger partial charge in [0.1, 0.15) is 0 Å². The average molecular weight is 336 g/mol. The lowest BCUT2D eigenvalue weighted by Gasteiger charge is -2.34. The van der Waals surface area contributed by atoms with E-state index in [1.807, 2.05) is 36.4 Å². The first-order chi connectivity index (χ1) is 12.1. The van der Waals surface area contributed by atoms with Gasteiger partial charge in [0.05, 0.1) is 11.3 Å². The maximum absolute atomic E-state index is 12.5. The first-order valence-electron chi connectivity index (χ1n) is 8.88. The molecule has 0 aliphatic carbocycles. The van der Waals surface area contributed by atoms with Crippen LogP contribution in [0.4, 0.5) is 5.69 Å². The summed E-state index contributed by atoms with van der Waals surface area (Å²) in [5.74, 6) is -0.157. The largest absolute Gasteiger partial charge is 0.366 e. The van der Waals surface area contributed by atoms with Crippen molar-refractivity contribution in [2.24, 2.45) is 5.73 Å². The second kappa shape index (κ2) is 7.51. The number of piperidine rings is 1. The molecule has 1 saturated heterocycles. The predicted molar refractivity (Wildman–Crippen MR) is 99.7 cm³/mol. The monoisotopic (exact) mass is 336 g/mol. The number of amides is 2. The maximum atomic E-state index is 12.5. The molecular formula is C21H24N2O2. The van der Waals surface area contributed by atoms with E-state index in [0.717, 1.165) is 24.8 Å². The molecule has 1 unspecified atom stereocenters. The number of hydrogen-bond donors (Lipinski definition) is 1. The Kier molecular flexibility index (Phi) is 5.17. The molecule has 1 heterocycles. The predicted octanol–water partition coefficient (Wildman–Crippen LogP) is 3.65. The number of anilines is 1. The molecular weight excluding hydrogens is 312 g/mol. The summed E-state index contributed by atoms with van der Waals surface area (Å²) in [5, 5.41) is 0. The Morgan fingerprint density at radius 1 is 1.20 bits per heavy atom. The Morgan fingerprint density at radius 2 is 1.96 bits per heavy atom. The number of primary amides is 1. The molecule has 0 bridgehead atoms. The highest BCUT2D eigenvalue weighted by Gasteiger charge is 2.29. The van der Waals surface area contributed by atoms with E-state index in [4.69, 9.17) is 5.73 Å². The summed E-state index contributed by atoms with van der Waals surface area (Å²) in [4.78, 5) is 26.2. The molecule has 0 saturated carbocycles. The standard InChI is InChI=1S/C21H24N2O2/c1-2-6-15-9-11-19(18(13-15)21(22)25)23-14-17(10-12-20(23)24)16-7-4-3-5-8-16/h3-5,7-9,11,13,17H,2,6,10,12,14H2,1H3,(H2,22,25). The first-order valence-corrected chi connectivity index (χ1v) is 8.88. The molecule has 1 atom stereocenters. The molecule has 130 valence electrons. The van der Waals surface area contributed by atoms with Crippen molar-refractivity contribution in [3.8, 4) is 0 Å². The number of benzene rings is 2. The van der Waals surface area contributed by atoms with Gasteiger partial charge < -0.3 is 10.6 Å². The average Bonchev–Trinajstić information content (AvgIpc) is 2.63. The van der Waals surface area contributed by atoms with E-state index in [-0.39, 0.29) is 11.8 Å². The van der Waals surface area contributed by atoms with E-state index in [1.165, 1.54) is 5.56 Å². The second-order valence-electron chi connectivity index (χ2n) is 6.62. The van der Waals surface area contributed by atoms with E-state index in [2.05, 4.69) is 19.1 Å². The third-order valence-electron chi connectivity index (χ3n) is 4.84. The minimum absolute atomic E-state index is 0.0536. The highest BCUT2D eigenvalue weighted by molar-refractivity contribution is 6.04. The van der Waals surface area contributed by atoms with Crippen molar-refractivity contribution in [1.82, 2.24) is 0 Å². The summed E-state index contributed by atoms with van der Waals surface area (Å²) in [6, 6.07) is 15.9. The molecule has 0 spiro atoms. The zero-order valence-corrected chi connectivity index (χ0v) is 14.6. The topological polar surface area (TPSA) is 63.4 Å². The van der Waals surface area contributed by atoms with Gasteiger partial charge in [0.15, 0.2) is 0 Å². The Balaban J connectivity index is 1.93. The number of rotatable bonds is 5. The molecule has 25 heavy (non-hydrogen) atoms. The lowest BCUT2D eigenvalue weighted by molar-refractivity contribution is -0.119. The number of carbonyl (C=O) groups excluding carboxylic acids is 2. The summed E-state index contributed by atoms with van der Waals surface area (Å²) >= 11 is 0. The molecule has 2 aromatic carbocycles. The summed E-state index contributed by atoms with van der Waals surface area (Å²) in [5.41, 5.74) is 8.97. The highest BCUT2D eigenvalue weighted by atomic mass is 16.2. The van der Waals surface area contributed by atoms with Crippen LogP contribution in [0.2, 0.25) is 0 Å². The highest BCUT2D eigenvalue weighted by Crippen LogP contribution is 2.32. The van der Waals surface area contributed by atoms with E-state index < -0.39 is 5.91 Å². The van der Waals surface area contributed by atoms with Gasteiger partial charge in [0.25, 0.3) is 5.91 Å². The molecule has 4 heteroatoms. The molecule has 1 fully saturated rings. The van der Waals surface area contributed by atoms with E-state index in [1.54, 1.807) is 4.90 Å². The van der Waals surface area contributed by atoms with E-state index in [0.29, 0.717) is 24.2 Å². The molecule has 1 aliphatic heterocycles. The summed E-state index contributed by atoms with van der Waals surface area (Å²) in [6.07, 6.45) is 3.20. The van der Waals surface area contributed by atoms with Crippen LogP contribution >= 0.6 is 0 Å². The van der Waals surface area contributed by atoms with Crippen LogP contribution in [0.1, 0.15) is 53.6 Å². The van der Waals surface area contributed by atoms with Gasteiger partial charge in [-0.25, -0.2) is 0 Å². The van der Waals surface area contributed by atoms with E-state index >= 15 is 0 Å².